The number of ether oxygens (including phenoxy) is 1. The van der Waals surface area contributed by atoms with E-state index in [0.29, 0.717) is 11.5 Å². The van der Waals surface area contributed by atoms with Gasteiger partial charge in [0.05, 0.1) is 6.04 Å². The van der Waals surface area contributed by atoms with Crippen LogP contribution in [-0.2, 0) is 4.74 Å². The number of hydrogen-bond acceptors (Lipinski definition) is 4. The molecule has 2 aromatic heterocycles. The second kappa shape index (κ2) is 5.93. The summed E-state index contributed by atoms with van der Waals surface area (Å²) in [7, 11) is 0. The number of carbonyl (C=O) groups excluding carboxylic acids is 1. The minimum atomic E-state index is -0.628. The van der Waals surface area contributed by atoms with Crippen molar-refractivity contribution < 1.29 is 13.9 Å². The molecule has 6 heteroatoms. The van der Waals surface area contributed by atoms with Crippen LogP contribution < -0.4 is 5.32 Å². The highest BCUT2D eigenvalue weighted by Crippen LogP contribution is 2.38. The minimum Gasteiger partial charge on any atom is -0.447 e. The molecule has 2 aromatic rings. The zero-order chi connectivity index (χ0) is 16.5. The van der Waals surface area contributed by atoms with E-state index in [4.69, 9.17) is 4.74 Å². The second-order valence-corrected chi connectivity index (χ2v) is 5.89. The monoisotopic (exact) mass is 323 g/mol. The first-order valence-corrected chi connectivity index (χ1v) is 7.76. The van der Waals surface area contributed by atoms with Gasteiger partial charge in [-0.15, -0.1) is 0 Å². The summed E-state index contributed by atoms with van der Waals surface area (Å²) in [5, 5.41) is 2.54. The van der Waals surface area contributed by atoms with Crippen LogP contribution in [-0.4, -0.2) is 22.7 Å². The van der Waals surface area contributed by atoms with Gasteiger partial charge in [-0.3, -0.25) is 4.98 Å². The van der Waals surface area contributed by atoms with Gasteiger partial charge in [-0.05, 0) is 31.0 Å². The molecular formula is C18H14FN3O2. The lowest BCUT2D eigenvalue weighted by Crippen LogP contribution is -2.19. The number of hydrogen-bond donors (Lipinski definition) is 1. The van der Waals surface area contributed by atoms with Gasteiger partial charge in [0.15, 0.2) is 0 Å². The topological polar surface area (TPSA) is 64.1 Å². The van der Waals surface area contributed by atoms with Crippen LogP contribution in [0.1, 0.15) is 47.2 Å². The van der Waals surface area contributed by atoms with Crippen molar-refractivity contribution in [3.63, 3.8) is 0 Å². The molecule has 0 radical (unpaired) electrons. The molecule has 1 saturated heterocycles. The smallest absolute Gasteiger partial charge is 0.407 e. The Kier molecular flexibility index (Phi) is 3.62. The van der Waals surface area contributed by atoms with Crippen molar-refractivity contribution in [1.82, 2.24) is 15.3 Å². The highest BCUT2D eigenvalue weighted by Gasteiger charge is 2.27. The van der Waals surface area contributed by atoms with Gasteiger partial charge >= 0.3 is 6.09 Å². The first-order valence-electron chi connectivity index (χ1n) is 7.76. The zero-order valence-corrected chi connectivity index (χ0v) is 12.8. The van der Waals surface area contributed by atoms with Gasteiger partial charge in [0.1, 0.15) is 6.61 Å². The van der Waals surface area contributed by atoms with Crippen LogP contribution in [0.3, 0.4) is 0 Å². The predicted octanol–water partition coefficient (Wildman–Crippen LogP) is 2.67. The Morgan fingerprint density at radius 2 is 2.04 bits per heavy atom. The lowest BCUT2D eigenvalue weighted by molar-refractivity contribution is 0.176. The third kappa shape index (κ3) is 3.06. The van der Waals surface area contributed by atoms with Gasteiger partial charge in [-0.2, -0.15) is 4.39 Å². The molecule has 0 spiro atoms. The summed E-state index contributed by atoms with van der Waals surface area (Å²) in [6, 6.07) is 4.90. The van der Waals surface area contributed by atoms with Crippen molar-refractivity contribution in [2.45, 2.75) is 24.8 Å². The van der Waals surface area contributed by atoms with E-state index in [0.717, 1.165) is 11.3 Å². The van der Waals surface area contributed by atoms with E-state index in [1.807, 2.05) is 12.1 Å². The fraction of sp³-hybridized carbons (Fsp3) is 0.278. The van der Waals surface area contributed by atoms with E-state index < -0.39 is 18.1 Å². The summed E-state index contributed by atoms with van der Waals surface area (Å²) in [6.45, 7) is 0.0867. The maximum absolute atomic E-state index is 13.9. The Hall–Kier alpha value is -2.94. The van der Waals surface area contributed by atoms with E-state index in [2.05, 4.69) is 27.1 Å². The Balaban J connectivity index is 1.59. The normalized spacial score (nSPS) is 19.2. The Morgan fingerprint density at radius 1 is 1.21 bits per heavy atom. The van der Waals surface area contributed by atoms with Crippen molar-refractivity contribution in [2.75, 3.05) is 6.61 Å². The van der Waals surface area contributed by atoms with Crippen molar-refractivity contribution >= 4 is 6.09 Å². The number of aromatic nitrogens is 2. The Morgan fingerprint density at radius 3 is 2.79 bits per heavy atom. The molecule has 24 heavy (non-hydrogen) atoms. The lowest BCUT2D eigenvalue weighted by Gasteiger charge is -2.08. The van der Waals surface area contributed by atoms with E-state index >= 15 is 0 Å². The molecule has 0 bridgehead atoms. The summed E-state index contributed by atoms with van der Waals surface area (Å²) < 4.78 is 18.7. The fourth-order valence-electron chi connectivity index (χ4n) is 2.60. The molecule has 1 N–H and O–H groups in total. The van der Waals surface area contributed by atoms with Crippen LogP contribution in [0.4, 0.5) is 9.18 Å². The molecule has 1 atom stereocenters. The minimum absolute atomic E-state index is 0.0867. The highest BCUT2D eigenvalue weighted by atomic mass is 19.1. The SMILES string of the molecule is O=C1N[C@H](c2cc(C#Cc3ccnc(C4CC4)c3)cnc2F)CO1. The number of alkyl carbamates (subject to hydrolysis) is 1. The van der Waals surface area contributed by atoms with Crippen LogP contribution >= 0.6 is 0 Å². The quantitative estimate of drug-likeness (QED) is 0.682. The summed E-state index contributed by atoms with van der Waals surface area (Å²) >= 11 is 0. The zero-order valence-electron chi connectivity index (χ0n) is 12.8. The van der Waals surface area contributed by atoms with Gasteiger partial charge in [0.2, 0.25) is 5.95 Å². The van der Waals surface area contributed by atoms with E-state index in [1.54, 1.807) is 12.3 Å². The summed E-state index contributed by atoms with van der Waals surface area (Å²) in [5.41, 5.74) is 2.80. The Bertz CT molecular complexity index is 868. The number of rotatable bonds is 2. The third-order valence-corrected chi connectivity index (χ3v) is 4.04. The molecule has 0 aromatic carbocycles. The maximum Gasteiger partial charge on any atom is 0.407 e. The fourth-order valence-corrected chi connectivity index (χ4v) is 2.60. The van der Waals surface area contributed by atoms with Gasteiger partial charge < -0.3 is 10.1 Å². The molecule has 0 unspecified atom stereocenters. The number of amides is 1. The molecule has 4 rings (SSSR count). The largest absolute Gasteiger partial charge is 0.447 e. The molecular weight excluding hydrogens is 309 g/mol. The van der Waals surface area contributed by atoms with Gasteiger partial charge in [0, 0.05) is 40.7 Å². The van der Waals surface area contributed by atoms with Crippen molar-refractivity contribution in [2.24, 2.45) is 0 Å². The molecule has 1 aliphatic carbocycles. The Labute approximate surface area is 138 Å². The van der Waals surface area contributed by atoms with Crippen LogP contribution in [0.2, 0.25) is 0 Å². The highest BCUT2D eigenvalue weighted by molar-refractivity contribution is 5.70. The molecule has 1 amide bonds. The number of cyclic esters (lactones) is 1. The summed E-state index contributed by atoms with van der Waals surface area (Å²) in [6.07, 6.45) is 4.96. The average molecular weight is 323 g/mol. The van der Waals surface area contributed by atoms with Crippen LogP contribution in [0.25, 0.3) is 0 Å². The van der Waals surface area contributed by atoms with Crippen LogP contribution in [0, 0.1) is 17.8 Å². The van der Waals surface area contributed by atoms with Crippen LogP contribution in [0.15, 0.2) is 30.6 Å². The van der Waals surface area contributed by atoms with Crippen molar-refractivity contribution in [3.8, 4) is 11.8 Å². The molecule has 1 saturated carbocycles. The molecule has 2 fully saturated rings. The second-order valence-electron chi connectivity index (χ2n) is 5.89. The molecule has 1 aliphatic heterocycles. The lowest BCUT2D eigenvalue weighted by atomic mass is 10.1. The standard InChI is InChI=1S/C18H14FN3O2/c19-17-14(16-10-24-18(23)22-16)7-12(9-21-17)2-1-11-5-6-20-15(8-11)13-3-4-13/h5-9,13,16H,3-4,10H2,(H,22,23)/t16-/m0/s1. The van der Waals surface area contributed by atoms with Gasteiger partial charge in [0.25, 0.3) is 0 Å². The molecule has 2 aliphatic rings. The van der Waals surface area contributed by atoms with Crippen molar-refractivity contribution in [3.05, 3.63) is 58.9 Å². The summed E-state index contributed by atoms with van der Waals surface area (Å²) in [5.74, 6) is 5.99. The number of pyridine rings is 2. The third-order valence-electron chi connectivity index (χ3n) is 4.04. The molecule has 5 nitrogen and oxygen atoms in total. The van der Waals surface area contributed by atoms with Gasteiger partial charge in [-0.25, -0.2) is 9.78 Å². The number of nitrogens with one attached hydrogen (secondary N) is 1. The van der Waals surface area contributed by atoms with E-state index in [9.17, 15) is 9.18 Å². The average Bonchev–Trinajstić information content (AvgIpc) is 3.36. The predicted molar refractivity (Wildman–Crippen MR) is 83.6 cm³/mol. The van der Waals surface area contributed by atoms with Crippen molar-refractivity contribution in [1.29, 1.82) is 0 Å². The molecule has 3 heterocycles. The van der Waals surface area contributed by atoms with E-state index in [1.165, 1.54) is 19.0 Å². The number of carbonyl (C=O) groups is 1. The van der Waals surface area contributed by atoms with Gasteiger partial charge in [-0.1, -0.05) is 11.8 Å². The number of nitrogens with zero attached hydrogens (tertiary/aromatic N) is 2. The summed E-state index contributed by atoms with van der Waals surface area (Å²) in [4.78, 5) is 19.2. The first kappa shape index (κ1) is 14.6. The first-order chi connectivity index (χ1) is 11.7. The van der Waals surface area contributed by atoms with E-state index in [-0.39, 0.29) is 12.2 Å². The number of halogens is 1. The van der Waals surface area contributed by atoms with Crippen LogP contribution in [0.5, 0.6) is 0 Å². The maximum atomic E-state index is 13.9. The molecule has 120 valence electrons.